The Kier molecular flexibility index (Phi) is 7.84. The van der Waals surface area contributed by atoms with Gasteiger partial charge in [-0.05, 0) is 29.2 Å². The number of halogens is 1. The number of aliphatic hydroxyl groups excluding tert-OH is 2. The lowest BCUT2D eigenvalue weighted by Crippen LogP contribution is -2.54. The number of hydrogen-bond donors (Lipinski definition) is 4. The molecule has 2 atom stereocenters. The molecular weight excluding hydrogens is 453 g/mol. The Hall–Kier alpha value is -3.81. The summed E-state index contributed by atoms with van der Waals surface area (Å²) in [6, 6.07) is 12.1. The summed E-state index contributed by atoms with van der Waals surface area (Å²) in [5, 5.41) is 37.4. The van der Waals surface area contributed by atoms with Crippen molar-refractivity contribution >= 4 is 22.7 Å². The highest BCUT2D eigenvalue weighted by Gasteiger charge is 2.34. The summed E-state index contributed by atoms with van der Waals surface area (Å²) < 4.78 is 16.2. The van der Waals surface area contributed by atoms with Crippen LogP contribution in [0.15, 0.2) is 42.5 Å². The van der Waals surface area contributed by atoms with Gasteiger partial charge in [0.05, 0.1) is 30.9 Å². The monoisotopic (exact) mass is 481 g/mol. The van der Waals surface area contributed by atoms with Crippen LogP contribution in [0.1, 0.15) is 42.4 Å². The molecule has 2 aromatic carbocycles. The molecule has 0 saturated heterocycles. The Morgan fingerprint density at radius 2 is 1.89 bits per heavy atom. The number of nitrogens with zero attached hydrogens (tertiary/aromatic N) is 3. The zero-order valence-electron chi connectivity index (χ0n) is 19.7. The summed E-state index contributed by atoms with van der Waals surface area (Å²) in [5.41, 5.74) is 0.660. The van der Waals surface area contributed by atoms with Gasteiger partial charge in [-0.15, -0.1) is 0 Å². The molecule has 0 aliphatic rings. The van der Waals surface area contributed by atoms with E-state index in [2.05, 4.69) is 15.7 Å². The maximum atomic E-state index is 14.8. The van der Waals surface area contributed by atoms with Gasteiger partial charge in [-0.25, -0.2) is 4.39 Å². The zero-order chi connectivity index (χ0) is 25.8. The van der Waals surface area contributed by atoms with Gasteiger partial charge >= 0.3 is 0 Å². The van der Waals surface area contributed by atoms with Crippen LogP contribution in [-0.4, -0.2) is 57.1 Å². The molecule has 184 valence electrons. The van der Waals surface area contributed by atoms with Gasteiger partial charge in [0, 0.05) is 11.9 Å². The molecule has 0 fully saturated rings. The van der Waals surface area contributed by atoms with Crippen LogP contribution in [0.4, 0.5) is 4.39 Å². The fourth-order valence-electron chi connectivity index (χ4n) is 3.59. The average molecular weight is 482 g/mol. The molecule has 0 unspecified atom stereocenters. The van der Waals surface area contributed by atoms with Gasteiger partial charge in [0.2, 0.25) is 5.91 Å². The molecule has 35 heavy (non-hydrogen) atoms. The van der Waals surface area contributed by atoms with Gasteiger partial charge in [-0.3, -0.25) is 14.3 Å². The number of aromatic nitrogens is 2. The summed E-state index contributed by atoms with van der Waals surface area (Å²) in [6.07, 6.45) is -1.12. The minimum Gasteiger partial charge on any atom is -0.394 e. The van der Waals surface area contributed by atoms with Gasteiger partial charge in [0.25, 0.3) is 5.91 Å². The van der Waals surface area contributed by atoms with E-state index in [0.717, 1.165) is 5.56 Å². The molecule has 0 radical (unpaired) electrons. The Morgan fingerprint density at radius 1 is 1.20 bits per heavy atom. The Morgan fingerprint density at radius 3 is 2.49 bits per heavy atom. The Balaban J connectivity index is 1.92. The predicted molar refractivity (Wildman–Crippen MR) is 127 cm³/mol. The third kappa shape index (κ3) is 6.01. The number of carbonyl (C=O) groups is 2. The molecule has 0 aliphatic carbocycles. The van der Waals surface area contributed by atoms with Gasteiger partial charge in [-0.2, -0.15) is 10.4 Å². The summed E-state index contributed by atoms with van der Waals surface area (Å²) in [7, 11) is 0. The van der Waals surface area contributed by atoms with E-state index in [9.17, 15) is 19.1 Å². The fraction of sp³-hybridized carbons (Fsp3) is 0.360. The molecule has 0 spiro atoms. The van der Waals surface area contributed by atoms with E-state index in [1.807, 2.05) is 6.07 Å². The number of fused-ring (bicyclic) bond motifs is 1. The van der Waals surface area contributed by atoms with Crippen molar-refractivity contribution in [3.8, 4) is 6.07 Å². The minimum atomic E-state index is -1.12. The lowest BCUT2D eigenvalue weighted by Gasteiger charge is -2.30. The van der Waals surface area contributed by atoms with Crippen LogP contribution in [0.5, 0.6) is 0 Å². The molecular formula is C25H28FN5O4. The first-order chi connectivity index (χ1) is 16.5. The second kappa shape index (κ2) is 10.6. The van der Waals surface area contributed by atoms with E-state index in [4.69, 9.17) is 10.4 Å². The lowest BCUT2D eigenvalue weighted by atomic mass is 9.86. The van der Waals surface area contributed by atoms with Crippen LogP contribution in [0.3, 0.4) is 0 Å². The standard InChI is InChI=1S/C25H28FN5O4/c1-25(2,3)22(24(35)28-12-17(33)14-32)29-23(34)20-18-5-4-6-19(26)21(18)31(30-20)13-16-9-7-15(11-27)8-10-16/h4-10,17,22,32-33H,12-14H2,1-3H3,(H,28,35)(H,29,34)/t17-,22-/m1/s1. The van der Waals surface area contributed by atoms with E-state index in [0.29, 0.717) is 10.9 Å². The van der Waals surface area contributed by atoms with Crippen LogP contribution in [-0.2, 0) is 11.3 Å². The smallest absolute Gasteiger partial charge is 0.273 e. The topological polar surface area (TPSA) is 140 Å². The first-order valence-electron chi connectivity index (χ1n) is 11.1. The Bertz CT molecular complexity index is 1260. The van der Waals surface area contributed by atoms with Crippen LogP contribution < -0.4 is 10.6 Å². The maximum Gasteiger partial charge on any atom is 0.273 e. The van der Waals surface area contributed by atoms with E-state index >= 15 is 0 Å². The molecule has 10 heteroatoms. The second-order valence-electron chi connectivity index (χ2n) is 9.31. The molecule has 4 N–H and O–H groups in total. The van der Waals surface area contributed by atoms with Crippen molar-refractivity contribution in [3.05, 3.63) is 65.1 Å². The SMILES string of the molecule is CC(C)(C)[C@H](NC(=O)c1nn(Cc2ccc(C#N)cc2)c2c(F)cccc12)C(=O)NC[C@@H](O)CO. The highest BCUT2D eigenvalue weighted by atomic mass is 19.1. The van der Waals surface area contributed by atoms with Crippen LogP contribution in [0.25, 0.3) is 10.9 Å². The van der Waals surface area contributed by atoms with Gasteiger partial charge < -0.3 is 20.8 Å². The number of benzene rings is 2. The summed E-state index contributed by atoms with van der Waals surface area (Å²) in [5.74, 6) is -1.74. The van der Waals surface area contributed by atoms with Crippen molar-refractivity contribution < 1.29 is 24.2 Å². The molecule has 1 aromatic heterocycles. The van der Waals surface area contributed by atoms with Crippen molar-refractivity contribution in [1.82, 2.24) is 20.4 Å². The fourth-order valence-corrected chi connectivity index (χ4v) is 3.59. The van der Waals surface area contributed by atoms with E-state index in [1.54, 1.807) is 51.1 Å². The normalized spacial score (nSPS) is 13.2. The zero-order valence-corrected chi connectivity index (χ0v) is 19.7. The number of aliphatic hydroxyl groups is 2. The summed E-state index contributed by atoms with van der Waals surface area (Å²) >= 11 is 0. The van der Waals surface area contributed by atoms with Crippen molar-refractivity contribution in [2.45, 2.75) is 39.5 Å². The Labute approximate surface area is 202 Å². The largest absolute Gasteiger partial charge is 0.394 e. The molecule has 1 heterocycles. The van der Waals surface area contributed by atoms with E-state index < -0.39 is 41.8 Å². The van der Waals surface area contributed by atoms with Crippen molar-refractivity contribution in [2.24, 2.45) is 5.41 Å². The van der Waals surface area contributed by atoms with Gasteiger partial charge in [-0.1, -0.05) is 45.0 Å². The minimum absolute atomic E-state index is 0.0365. The summed E-state index contributed by atoms with van der Waals surface area (Å²) in [6.45, 7) is 4.77. The molecule has 0 saturated carbocycles. The van der Waals surface area contributed by atoms with Crippen molar-refractivity contribution in [3.63, 3.8) is 0 Å². The number of para-hydroxylation sites is 1. The number of nitrogens with one attached hydrogen (secondary N) is 2. The number of rotatable bonds is 8. The van der Waals surface area contributed by atoms with E-state index in [-0.39, 0.29) is 24.3 Å². The number of nitriles is 1. The van der Waals surface area contributed by atoms with Crippen LogP contribution in [0, 0.1) is 22.6 Å². The highest BCUT2D eigenvalue weighted by Crippen LogP contribution is 2.25. The second-order valence-corrected chi connectivity index (χ2v) is 9.31. The van der Waals surface area contributed by atoms with E-state index in [1.165, 1.54) is 16.8 Å². The molecule has 3 rings (SSSR count). The third-order valence-corrected chi connectivity index (χ3v) is 5.48. The number of amides is 2. The first kappa shape index (κ1) is 25.8. The number of hydrogen-bond acceptors (Lipinski definition) is 6. The van der Waals surface area contributed by atoms with Crippen LogP contribution >= 0.6 is 0 Å². The quantitative estimate of drug-likeness (QED) is 0.386. The molecule has 0 bridgehead atoms. The lowest BCUT2D eigenvalue weighted by molar-refractivity contribution is -0.125. The van der Waals surface area contributed by atoms with Crippen molar-refractivity contribution in [2.75, 3.05) is 13.2 Å². The van der Waals surface area contributed by atoms with Crippen LogP contribution in [0.2, 0.25) is 0 Å². The highest BCUT2D eigenvalue weighted by molar-refractivity contribution is 6.06. The average Bonchev–Trinajstić information content (AvgIpc) is 3.20. The van der Waals surface area contributed by atoms with Crippen molar-refractivity contribution in [1.29, 1.82) is 5.26 Å². The molecule has 2 amide bonds. The maximum absolute atomic E-state index is 14.8. The predicted octanol–water partition coefficient (Wildman–Crippen LogP) is 1.71. The van der Waals surface area contributed by atoms with Gasteiger partial charge in [0.15, 0.2) is 5.69 Å². The third-order valence-electron chi connectivity index (χ3n) is 5.48. The van der Waals surface area contributed by atoms with Gasteiger partial charge in [0.1, 0.15) is 17.4 Å². The molecule has 3 aromatic rings. The molecule has 9 nitrogen and oxygen atoms in total. The first-order valence-corrected chi connectivity index (χ1v) is 11.1. The summed E-state index contributed by atoms with van der Waals surface area (Å²) in [4.78, 5) is 26.0. The number of carbonyl (C=O) groups excluding carboxylic acids is 2. The molecule has 0 aliphatic heterocycles.